The highest BCUT2D eigenvalue weighted by molar-refractivity contribution is 5.98. The van der Waals surface area contributed by atoms with Crippen LogP contribution >= 0.6 is 0 Å². The van der Waals surface area contributed by atoms with E-state index in [9.17, 15) is 14.7 Å². The molecule has 2 aromatic rings. The maximum absolute atomic E-state index is 12.8. The number of hydrogen-bond acceptors (Lipinski definition) is 4. The van der Waals surface area contributed by atoms with E-state index >= 15 is 0 Å². The molecule has 1 amide bonds. The molecule has 2 fully saturated rings. The lowest BCUT2D eigenvalue weighted by molar-refractivity contribution is -0.0303. The molecule has 0 spiro atoms. The fourth-order valence-corrected chi connectivity index (χ4v) is 5.63. The van der Waals surface area contributed by atoms with Crippen LogP contribution in [-0.4, -0.2) is 53.1 Å². The third-order valence-corrected chi connectivity index (χ3v) is 7.53. The lowest BCUT2D eigenvalue weighted by atomic mass is 9.95. The van der Waals surface area contributed by atoms with Gasteiger partial charge >= 0.3 is 0 Å². The molecule has 0 radical (unpaired) electrons. The van der Waals surface area contributed by atoms with Gasteiger partial charge in [-0.3, -0.25) is 9.59 Å². The number of likely N-dealkylation sites (tertiary alicyclic amines) is 1. The lowest BCUT2D eigenvalue weighted by Crippen LogP contribution is -2.45. The van der Waals surface area contributed by atoms with Crippen molar-refractivity contribution in [3.8, 4) is 0 Å². The molecule has 3 atom stereocenters. The van der Waals surface area contributed by atoms with Crippen LogP contribution < -0.4 is 0 Å². The molecule has 1 aliphatic carbocycles. The number of morpholine rings is 1. The van der Waals surface area contributed by atoms with Gasteiger partial charge in [0.05, 0.1) is 18.3 Å². The minimum atomic E-state index is -0.449. The van der Waals surface area contributed by atoms with Gasteiger partial charge in [0.2, 0.25) is 0 Å². The van der Waals surface area contributed by atoms with Gasteiger partial charge in [0.1, 0.15) is 0 Å². The van der Waals surface area contributed by atoms with Gasteiger partial charge in [-0.1, -0.05) is 36.4 Å². The minimum absolute atomic E-state index is 0.0127. The molecule has 1 N–H and O–H groups in total. The molecular weight excluding hydrogens is 414 g/mol. The zero-order valence-corrected chi connectivity index (χ0v) is 19.1. The summed E-state index contributed by atoms with van der Waals surface area (Å²) in [5, 5.41) is 10.4. The summed E-state index contributed by atoms with van der Waals surface area (Å²) in [6, 6.07) is 15.6. The number of ether oxygens (including phenoxy) is 1. The van der Waals surface area contributed by atoms with E-state index in [2.05, 4.69) is 24.3 Å². The first-order valence-corrected chi connectivity index (χ1v) is 12.4. The molecule has 2 aliphatic heterocycles. The van der Waals surface area contributed by atoms with Crippen molar-refractivity contribution in [3.63, 3.8) is 0 Å². The Labute approximate surface area is 195 Å². The number of aliphatic hydroxyl groups is 1. The average Bonchev–Trinajstić information content (AvgIpc) is 3.42. The summed E-state index contributed by atoms with van der Waals surface area (Å²) in [5.41, 5.74) is 4.10. The van der Waals surface area contributed by atoms with Crippen molar-refractivity contribution in [1.29, 1.82) is 0 Å². The van der Waals surface area contributed by atoms with Crippen LogP contribution in [0.5, 0.6) is 0 Å². The normalized spacial score (nSPS) is 22.9. The minimum Gasteiger partial charge on any atom is -0.393 e. The van der Waals surface area contributed by atoms with Crippen molar-refractivity contribution >= 4 is 11.7 Å². The Hall–Kier alpha value is -2.50. The number of amides is 1. The zero-order chi connectivity index (χ0) is 22.8. The molecule has 2 unspecified atom stereocenters. The third-order valence-electron chi connectivity index (χ3n) is 7.53. The monoisotopic (exact) mass is 447 g/mol. The molecule has 0 saturated carbocycles. The Balaban J connectivity index is 1.06. The number of fused-ring (bicyclic) bond motifs is 3. The van der Waals surface area contributed by atoms with Crippen molar-refractivity contribution < 1.29 is 19.4 Å². The molecule has 5 heteroatoms. The molecule has 5 rings (SSSR count). The fourth-order valence-electron chi connectivity index (χ4n) is 5.63. The summed E-state index contributed by atoms with van der Waals surface area (Å²) in [6.07, 6.45) is 6.68. The maximum atomic E-state index is 12.8. The molecule has 2 bridgehead atoms. The first kappa shape index (κ1) is 22.3. The number of carbonyl (C=O) groups is 2. The van der Waals surface area contributed by atoms with Crippen LogP contribution in [0.3, 0.4) is 0 Å². The van der Waals surface area contributed by atoms with Crippen molar-refractivity contribution in [2.24, 2.45) is 5.92 Å². The smallest absolute Gasteiger partial charge is 0.254 e. The van der Waals surface area contributed by atoms with Gasteiger partial charge in [0.15, 0.2) is 5.78 Å². The van der Waals surface area contributed by atoms with E-state index in [1.165, 1.54) is 11.1 Å². The van der Waals surface area contributed by atoms with Crippen molar-refractivity contribution in [2.45, 2.75) is 69.7 Å². The molecule has 3 aliphatic rings. The third kappa shape index (κ3) is 5.20. The zero-order valence-electron chi connectivity index (χ0n) is 19.1. The van der Waals surface area contributed by atoms with Crippen LogP contribution in [-0.2, 0) is 17.6 Å². The molecule has 174 valence electrons. The maximum Gasteiger partial charge on any atom is 0.254 e. The van der Waals surface area contributed by atoms with Crippen LogP contribution in [0.2, 0.25) is 0 Å². The van der Waals surface area contributed by atoms with Crippen molar-refractivity contribution in [3.05, 3.63) is 70.8 Å². The van der Waals surface area contributed by atoms with Crippen LogP contribution in [0.4, 0.5) is 0 Å². The first-order valence-electron chi connectivity index (χ1n) is 12.4. The topological polar surface area (TPSA) is 66.8 Å². The van der Waals surface area contributed by atoms with E-state index in [0.717, 1.165) is 38.5 Å². The van der Waals surface area contributed by atoms with Gasteiger partial charge in [-0.25, -0.2) is 0 Å². The largest absolute Gasteiger partial charge is 0.393 e. The van der Waals surface area contributed by atoms with Gasteiger partial charge < -0.3 is 14.7 Å². The van der Waals surface area contributed by atoms with Gasteiger partial charge in [-0.15, -0.1) is 0 Å². The van der Waals surface area contributed by atoms with Gasteiger partial charge in [-0.05, 0) is 74.1 Å². The second kappa shape index (κ2) is 9.78. The second-order valence-corrected chi connectivity index (χ2v) is 9.98. The molecule has 0 aromatic heterocycles. The van der Waals surface area contributed by atoms with Gasteiger partial charge in [0.25, 0.3) is 5.91 Å². The highest BCUT2D eigenvalue weighted by atomic mass is 16.5. The summed E-state index contributed by atoms with van der Waals surface area (Å²) in [7, 11) is 0. The van der Waals surface area contributed by atoms with E-state index in [1.54, 1.807) is 24.3 Å². The Morgan fingerprint density at radius 1 is 0.909 bits per heavy atom. The molecule has 2 heterocycles. The first-order chi connectivity index (χ1) is 16.0. The Morgan fingerprint density at radius 3 is 2.15 bits per heavy atom. The van der Waals surface area contributed by atoms with E-state index < -0.39 is 6.10 Å². The SMILES string of the molecule is O=C(CC[C@@H](O)CCC1Cc2ccccc2C1)c1ccc(C(=O)N2CC3CCC(C2)O3)cc1. The van der Waals surface area contributed by atoms with E-state index in [4.69, 9.17) is 4.74 Å². The fraction of sp³-hybridized carbons (Fsp3) is 0.500. The molecule has 2 saturated heterocycles. The van der Waals surface area contributed by atoms with E-state index in [0.29, 0.717) is 43.0 Å². The standard InChI is InChI=1S/C28H33NO4/c30-24(10-5-19-15-22-3-1-2-4-23(22)16-19)11-14-27(31)20-6-8-21(9-7-20)28(32)29-17-25-12-13-26(18-29)33-25/h1-4,6-9,19,24-26,30H,5,10-18H2/t24-,25?,26?/m0/s1. The molecule has 5 nitrogen and oxygen atoms in total. The second-order valence-electron chi connectivity index (χ2n) is 9.98. The van der Waals surface area contributed by atoms with Gasteiger partial charge in [0, 0.05) is 30.6 Å². The summed E-state index contributed by atoms with van der Waals surface area (Å²) in [4.78, 5) is 27.3. The summed E-state index contributed by atoms with van der Waals surface area (Å²) in [5.74, 6) is 0.629. The predicted molar refractivity (Wildman–Crippen MR) is 126 cm³/mol. The summed E-state index contributed by atoms with van der Waals surface area (Å²) < 4.78 is 5.81. The Bertz CT molecular complexity index is 964. The highest BCUT2D eigenvalue weighted by Gasteiger charge is 2.36. The quantitative estimate of drug-likeness (QED) is 0.616. The number of benzene rings is 2. The van der Waals surface area contributed by atoms with E-state index in [-0.39, 0.29) is 23.9 Å². The number of aliphatic hydroxyl groups excluding tert-OH is 1. The Kier molecular flexibility index (Phi) is 6.61. The molecular formula is C28H33NO4. The van der Waals surface area contributed by atoms with Crippen LogP contribution in [0.1, 0.15) is 70.4 Å². The number of carbonyl (C=O) groups excluding carboxylic acids is 2. The van der Waals surface area contributed by atoms with Crippen LogP contribution in [0, 0.1) is 5.92 Å². The number of rotatable bonds is 8. The molecule has 33 heavy (non-hydrogen) atoms. The predicted octanol–water partition coefficient (Wildman–Crippen LogP) is 4.21. The summed E-state index contributed by atoms with van der Waals surface area (Å²) >= 11 is 0. The number of nitrogens with zero attached hydrogens (tertiary/aromatic N) is 1. The van der Waals surface area contributed by atoms with Crippen LogP contribution in [0.15, 0.2) is 48.5 Å². The Morgan fingerprint density at radius 2 is 1.52 bits per heavy atom. The van der Waals surface area contributed by atoms with Gasteiger partial charge in [-0.2, -0.15) is 0 Å². The van der Waals surface area contributed by atoms with Crippen molar-refractivity contribution in [1.82, 2.24) is 4.90 Å². The summed E-state index contributed by atoms with van der Waals surface area (Å²) in [6.45, 7) is 1.31. The lowest BCUT2D eigenvalue weighted by Gasteiger charge is -2.32. The van der Waals surface area contributed by atoms with Crippen LogP contribution in [0.25, 0.3) is 0 Å². The average molecular weight is 448 g/mol. The number of hydrogen-bond donors (Lipinski definition) is 1. The number of Topliss-reactive ketones (excluding diaryl/α,β-unsaturated/α-hetero) is 1. The van der Waals surface area contributed by atoms with E-state index in [1.807, 2.05) is 4.90 Å². The molecule has 2 aromatic carbocycles. The number of ketones is 1. The van der Waals surface area contributed by atoms with Crippen molar-refractivity contribution in [2.75, 3.05) is 13.1 Å². The highest BCUT2D eigenvalue weighted by Crippen LogP contribution is 2.30.